The summed E-state index contributed by atoms with van der Waals surface area (Å²) in [4.78, 5) is 21.5. The summed E-state index contributed by atoms with van der Waals surface area (Å²) in [6.07, 6.45) is -3.29. The second kappa shape index (κ2) is 5.87. The average molecular weight is 249 g/mol. The Bertz CT molecular complexity index is 288. The van der Waals surface area contributed by atoms with E-state index in [2.05, 4.69) is 10.6 Å². The highest BCUT2D eigenvalue weighted by Gasteiger charge is 2.40. The summed E-state index contributed by atoms with van der Waals surface area (Å²) in [6, 6.07) is -1.83. The van der Waals surface area contributed by atoms with Crippen molar-refractivity contribution in [1.29, 1.82) is 0 Å². The third kappa shape index (κ3) is 3.09. The molecule has 2 amide bonds. The molecule has 0 spiro atoms. The van der Waals surface area contributed by atoms with Gasteiger partial charge in [0.15, 0.2) is 6.29 Å². The summed E-state index contributed by atoms with van der Waals surface area (Å²) in [6.45, 7) is -0.0985. The number of hydrogen-bond acceptors (Lipinski definition) is 7. The third-order valence-corrected chi connectivity index (χ3v) is 2.43. The first-order chi connectivity index (χ1) is 8.01. The van der Waals surface area contributed by atoms with Crippen molar-refractivity contribution >= 4 is 6.03 Å². The van der Waals surface area contributed by atoms with Gasteiger partial charge in [0.2, 0.25) is 0 Å². The maximum atomic E-state index is 11.3. The molecule has 9 nitrogen and oxygen atoms in total. The topological polar surface area (TPSA) is 121 Å². The zero-order valence-electron chi connectivity index (χ0n) is 9.44. The number of aliphatic hydroxyl groups is 2. The zero-order chi connectivity index (χ0) is 13.0. The molecule has 1 fully saturated rings. The van der Waals surface area contributed by atoms with E-state index in [9.17, 15) is 19.9 Å². The Hall–Kier alpha value is -1.29. The Morgan fingerprint density at radius 3 is 2.76 bits per heavy atom. The summed E-state index contributed by atoms with van der Waals surface area (Å²) >= 11 is 0. The summed E-state index contributed by atoms with van der Waals surface area (Å²) in [5.41, 5.74) is 0. The van der Waals surface area contributed by atoms with E-state index in [0.717, 1.165) is 7.05 Å². The molecule has 3 N–H and O–H groups in total. The van der Waals surface area contributed by atoms with Gasteiger partial charge >= 0.3 is 6.03 Å². The number of carbonyl (C=O) groups excluding carboxylic acids is 1. The lowest BCUT2D eigenvalue weighted by Gasteiger charge is -2.37. The molecule has 0 radical (unpaired) electrons. The van der Waals surface area contributed by atoms with E-state index in [1.807, 2.05) is 0 Å². The lowest BCUT2D eigenvalue weighted by molar-refractivity contribution is -0.234. The van der Waals surface area contributed by atoms with Crippen LogP contribution < -0.4 is 5.32 Å². The summed E-state index contributed by atoms with van der Waals surface area (Å²) in [7, 11) is 2.47. The maximum Gasteiger partial charge on any atom is 0.340 e. The molecule has 1 aliphatic rings. The van der Waals surface area contributed by atoms with Crippen molar-refractivity contribution in [3.63, 3.8) is 0 Å². The fourth-order valence-corrected chi connectivity index (χ4v) is 1.45. The second-order valence-electron chi connectivity index (χ2n) is 3.58. The van der Waals surface area contributed by atoms with Crippen molar-refractivity contribution in [3.8, 4) is 0 Å². The quantitative estimate of drug-likeness (QED) is 0.409. The lowest BCUT2D eigenvalue weighted by Crippen LogP contribution is -2.61. The van der Waals surface area contributed by atoms with E-state index in [1.165, 1.54) is 7.11 Å². The highest BCUT2D eigenvalue weighted by atomic mass is 16.7. The predicted octanol–water partition coefficient (Wildman–Crippen LogP) is -1.60. The number of ether oxygens (including phenoxy) is 2. The first-order valence-corrected chi connectivity index (χ1v) is 4.89. The minimum Gasteiger partial charge on any atom is -0.388 e. The van der Waals surface area contributed by atoms with Crippen molar-refractivity contribution < 1.29 is 24.5 Å². The fraction of sp³-hybridized carbons (Fsp3) is 0.875. The summed E-state index contributed by atoms with van der Waals surface area (Å²) in [5.74, 6) is 0. The van der Waals surface area contributed by atoms with Crippen molar-refractivity contribution in [3.05, 3.63) is 4.91 Å². The minimum atomic E-state index is -1.24. The molecule has 17 heavy (non-hydrogen) atoms. The van der Waals surface area contributed by atoms with Crippen molar-refractivity contribution in [1.82, 2.24) is 10.3 Å². The number of nitroso groups, excluding NO2 is 1. The van der Waals surface area contributed by atoms with Gasteiger partial charge in [-0.05, 0) is 0 Å². The van der Waals surface area contributed by atoms with Gasteiger partial charge in [-0.3, -0.25) is 0 Å². The van der Waals surface area contributed by atoms with Gasteiger partial charge in [0.05, 0.1) is 17.9 Å². The van der Waals surface area contributed by atoms with Gasteiger partial charge in [0.25, 0.3) is 0 Å². The minimum absolute atomic E-state index is 0.0985. The predicted molar refractivity (Wildman–Crippen MR) is 54.6 cm³/mol. The largest absolute Gasteiger partial charge is 0.388 e. The van der Waals surface area contributed by atoms with E-state index < -0.39 is 30.6 Å². The van der Waals surface area contributed by atoms with E-state index >= 15 is 0 Å². The average Bonchev–Trinajstić information content (AvgIpc) is 2.33. The maximum absolute atomic E-state index is 11.3. The monoisotopic (exact) mass is 249 g/mol. The van der Waals surface area contributed by atoms with Gasteiger partial charge < -0.3 is 25.0 Å². The number of nitrogens with zero attached hydrogens (tertiary/aromatic N) is 2. The SMILES string of the molecule is CO[C@H]1OC[C@@H](O)[C@H](NC(=O)N(C)N=O)[C@H]1O. The van der Waals surface area contributed by atoms with Crippen LogP contribution in [0.3, 0.4) is 0 Å². The van der Waals surface area contributed by atoms with Crippen LogP contribution >= 0.6 is 0 Å². The van der Waals surface area contributed by atoms with Crippen LogP contribution in [0.15, 0.2) is 5.29 Å². The van der Waals surface area contributed by atoms with Gasteiger partial charge in [-0.1, -0.05) is 0 Å². The smallest absolute Gasteiger partial charge is 0.340 e. The zero-order valence-corrected chi connectivity index (χ0v) is 9.44. The number of amides is 2. The molecule has 98 valence electrons. The Labute approximate surface area is 97.2 Å². The van der Waals surface area contributed by atoms with Crippen molar-refractivity contribution in [2.45, 2.75) is 24.5 Å². The third-order valence-electron chi connectivity index (χ3n) is 2.43. The number of urea groups is 1. The van der Waals surface area contributed by atoms with E-state index in [-0.39, 0.29) is 6.61 Å². The van der Waals surface area contributed by atoms with Gasteiger partial charge in [-0.2, -0.15) is 5.01 Å². The first-order valence-electron chi connectivity index (χ1n) is 4.89. The molecular formula is C8H15N3O6. The Balaban J connectivity index is 2.66. The van der Waals surface area contributed by atoms with Crippen molar-refractivity contribution in [2.75, 3.05) is 20.8 Å². The van der Waals surface area contributed by atoms with Crippen LogP contribution in [0.2, 0.25) is 0 Å². The molecule has 1 saturated heterocycles. The molecule has 0 aromatic carbocycles. The molecule has 0 bridgehead atoms. The van der Waals surface area contributed by atoms with E-state index in [4.69, 9.17) is 9.47 Å². The normalized spacial score (nSPS) is 32.9. The molecule has 0 saturated carbocycles. The van der Waals surface area contributed by atoms with Gasteiger partial charge in [0.1, 0.15) is 12.2 Å². The van der Waals surface area contributed by atoms with Gasteiger partial charge in [-0.15, -0.1) is 4.91 Å². The summed E-state index contributed by atoms with van der Waals surface area (Å²) in [5, 5.41) is 24.5. The van der Waals surface area contributed by atoms with Gasteiger partial charge in [-0.25, -0.2) is 4.79 Å². The molecule has 1 rings (SSSR count). The first kappa shape index (κ1) is 13.8. The molecule has 0 aromatic heterocycles. The van der Waals surface area contributed by atoms with Crippen LogP contribution in [-0.4, -0.2) is 66.6 Å². The number of methoxy groups -OCH3 is 1. The molecule has 0 aliphatic carbocycles. The van der Waals surface area contributed by atoms with Crippen molar-refractivity contribution in [2.24, 2.45) is 5.29 Å². The molecule has 9 heteroatoms. The highest BCUT2D eigenvalue weighted by Crippen LogP contribution is 2.16. The van der Waals surface area contributed by atoms with E-state index in [1.54, 1.807) is 0 Å². The van der Waals surface area contributed by atoms with Crippen LogP contribution in [-0.2, 0) is 9.47 Å². The Kier molecular flexibility index (Phi) is 4.75. The second-order valence-corrected chi connectivity index (χ2v) is 3.58. The molecule has 1 heterocycles. The lowest BCUT2D eigenvalue weighted by atomic mass is 10.0. The van der Waals surface area contributed by atoms with Crippen LogP contribution in [0.4, 0.5) is 4.79 Å². The van der Waals surface area contributed by atoms with Crippen LogP contribution in [0.5, 0.6) is 0 Å². The van der Waals surface area contributed by atoms with Crippen LogP contribution in [0.25, 0.3) is 0 Å². The number of rotatable bonds is 3. The molecular weight excluding hydrogens is 234 g/mol. The number of hydrogen-bond donors (Lipinski definition) is 3. The molecule has 4 atom stereocenters. The Morgan fingerprint density at radius 2 is 2.24 bits per heavy atom. The molecule has 0 unspecified atom stereocenters. The molecule has 0 aromatic rings. The summed E-state index contributed by atoms with van der Waals surface area (Å²) < 4.78 is 9.79. The Morgan fingerprint density at radius 1 is 1.59 bits per heavy atom. The molecule has 1 aliphatic heterocycles. The number of carbonyl (C=O) groups is 1. The number of nitrogens with one attached hydrogen (secondary N) is 1. The van der Waals surface area contributed by atoms with E-state index in [0.29, 0.717) is 5.01 Å². The van der Waals surface area contributed by atoms with Crippen LogP contribution in [0, 0.1) is 4.91 Å². The highest BCUT2D eigenvalue weighted by molar-refractivity contribution is 5.73. The van der Waals surface area contributed by atoms with Crippen LogP contribution in [0.1, 0.15) is 0 Å². The fourth-order valence-electron chi connectivity index (χ4n) is 1.45. The number of aliphatic hydroxyl groups excluding tert-OH is 2. The van der Waals surface area contributed by atoms with Gasteiger partial charge in [0, 0.05) is 14.2 Å². The standard InChI is InChI=1S/C8H15N3O6/c1-11(10-15)8(14)9-5-4(12)3-17-7(16-2)6(5)13/h4-7,12-13H,3H2,1-2H3,(H,9,14)/t4-,5+,6-,7+/m1/s1.